The summed E-state index contributed by atoms with van der Waals surface area (Å²) in [4.78, 5) is 13.6. The number of esters is 1. The second kappa shape index (κ2) is 9.45. The van der Waals surface area contributed by atoms with Crippen LogP contribution in [0.2, 0.25) is 0 Å². The molecular formula is C19H23N3O6S2. The van der Waals surface area contributed by atoms with Crippen molar-refractivity contribution < 1.29 is 27.1 Å². The Morgan fingerprint density at radius 2 is 1.80 bits per heavy atom. The molecule has 0 atom stereocenters. The van der Waals surface area contributed by atoms with E-state index >= 15 is 0 Å². The maximum absolute atomic E-state index is 12.8. The summed E-state index contributed by atoms with van der Waals surface area (Å²) in [6.45, 7) is 3.16. The monoisotopic (exact) mass is 453 g/mol. The number of benzene rings is 1. The van der Waals surface area contributed by atoms with E-state index in [1.807, 2.05) is 29.2 Å². The highest BCUT2D eigenvalue weighted by Crippen LogP contribution is 2.21. The van der Waals surface area contributed by atoms with Crippen molar-refractivity contribution in [2.45, 2.75) is 12.0 Å². The SMILES string of the molecule is CCOC(=O)c1ccc(S(=O)(=O)N2CCN(C(=S)Nc3ccc(OC)cc3)CC2)o1. The number of piperazine rings is 1. The lowest BCUT2D eigenvalue weighted by atomic mass is 10.3. The van der Waals surface area contributed by atoms with Gasteiger partial charge in [0, 0.05) is 31.9 Å². The molecule has 1 fully saturated rings. The van der Waals surface area contributed by atoms with Crippen LogP contribution in [0.5, 0.6) is 5.75 Å². The number of nitrogens with zero attached hydrogens (tertiary/aromatic N) is 2. The average molecular weight is 454 g/mol. The third-order valence-electron chi connectivity index (χ3n) is 4.52. The summed E-state index contributed by atoms with van der Waals surface area (Å²) in [5, 5.41) is 3.37. The predicted octanol–water partition coefficient (Wildman–Crippen LogP) is 2.17. The van der Waals surface area contributed by atoms with Crippen molar-refractivity contribution in [1.29, 1.82) is 0 Å². The van der Waals surface area contributed by atoms with E-state index in [1.165, 1.54) is 16.4 Å². The first-order chi connectivity index (χ1) is 14.3. The Labute approximate surface area is 180 Å². The predicted molar refractivity (Wildman–Crippen MR) is 114 cm³/mol. The number of nitrogens with one attached hydrogen (secondary N) is 1. The average Bonchev–Trinajstić information content (AvgIpc) is 3.26. The fourth-order valence-electron chi connectivity index (χ4n) is 2.91. The van der Waals surface area contributed by atoms with Crippen LogP contribution in [0.4, 0.5) is 5.69 Å². The molecule has 1 saturated heterocycles. The summed E-state index contributed by atoms with van der Waals surface area (Å²) >= 11 is 5.45. The number of hydrogen-bond donors (Lipinski definition) is 1. The lowest BCUT2D eigenvalue weighted by Crippen LogP contribution is -2.51. The summed E-state index contributed by atoms with van der Waals surface area (Å²) in [7, 11) is -2.25. The third kappa shape index (κ3) is 4.91. The zero-order valence-corrected chi connectivity index (χ0v) is 18.3. The van der Waals surface area contributed by atoms with Crippen molar-refractivity contribution in [3.8, 4) is 5.75 Å². The molecule has 30 heavy (non-hydrogen) atoms. The number of carbonyl (C=O) groups excluding carboxylic acids is 1. The number of ether oxygens (including phenoxy) is 2. The number of furan rings is 1. The van der Waals surface area contributed by atoms with Crippen LogP contribution in [-0.2, 0) is 14.8 Å². The summed E-state index contributed by atoms with van der Waals surface area (Å²) in [6, 6.07) is 9.92. The number of carbonyl (C=O) groups is 1. The molecule has 9 nitrogen and oxygen atoms in total. The second-order valence-corrected chi connectivity index (χ2v) is 8.64. The van der Waals surface area contributed by atoms with E-state index in [0.29, 0.717) is 18.2 Å². The lowest BCUT2D eigenvalue weighted by molar-refractivity contribution is 0.0483. The molecule has 0 aliphatic carbocycles. The Kier molecular flexibility index (Phi) is 6.95. The van der Waals surface area contributed by atoms with Crippen molar-refractivity contribution in [3.63, 3.8) is 0 Å². The van der Waals surface area contributed by atoms with Crippen molar-refractivity contribution in [3.05, 3.63) is 42.2 Å². The van der Waals surface area contributed by atoms with Gasteiger partial charge in [-0.05, 0) is 55.5 Å². The molecule has 0 bridgehead atoms. The van der Waals surface area contributed by atoms with Crippen molar-refractivity contribution in [2.75, 3.05) is 45.2 Å². The molecule has 1 aliphatic heterocycles. The lowest BCUT2D eigenvalue weighted by Gasteiger charge is -2.35. The van der Waals surface area contributed by atoms with Crippen LogP contribution in [-0.4, -0.2) is 68.6 Å². The van der Waals surface area contributed by atoms with Gasteiger partial charge in [0.1, 0.15) is 5.75 Å². The van der Waals surface area contributed by atoms with Gasteiger partial charge in [0.05, 0.1) is 13.7 Å². The molecule has 0 spiro atoms. The van der Waals surface area contributed by atoms with Crippen molar-refractivity contribution in [1.82, 2.24) is 9.21 Å². The van der Waals surface area contributed by atoms with Gasteiger partial charge in [-0.1, -0.05) is 0 Å². The molecule has 11 heteroatoms. The van der Waals surface area contributed by atoms with Gasteiger partial charge in [-0.15, -0.1) is 0 Å². The third-order valence-corrected chi connectivity index (χ3v) is 6.65. The Hall–Kier alpha value is -2.63. The Morgan fingerprint density at radius 1 is 1.13 bits per heavy atom. The fraction of sp³-hybridized carbons (Fsp3) is 0.368. The van der Waals surface area contributed by atoms with Gasteiger partial charge in [0.25, 0.3) is 10.0 Å². The maximum atomic E-state index is 12.8. The van der Waals surface area contributed by atoms with Gasteiger partial charge in [0.15, 0.2) is 5.11 Å². The highest BCUT2D eigenvalue weighted by molar-refractivity contribution is 7.89. The Balaban J connectivity index is 1.58. The minimum absolute atomic E-state index is 0.140. The molecular weight excluding hydrogens is 430 g/mol. The van der Waals surface area contributed by atoms with Gasteiger partial charge < -0.3 is 24.1 Å². The fourth-order valence-corrected chi connectivity index (χ4v) is 4.54. The molecule has 1 aliphatic rings. The van der Waals surface area contributed by atoms with Gasteiger partial charge >= 0.3 is 5.97 Å². The largest absolute Gasteiger partial charge is 0.497 e. The smallest absolute Gasteiger partial charge is 0.374 e. The molecule has 2 heterocycles. The van der Waals surface area contributed by atoms with Crippen LogP contribution >= 0.6 is 12.2 Å². The van der Waals surface area contributed by atoms with Crippen molar-refractivity contribution in [2.24, 2.45) is 0 Å². The van der Waals surface area contributed by atoms with E-state index in [0.717, 1.165) is 11.4 Å². The van der Waals surface area contributed by atoms with Crippen LogP contribution < -0.4 is 10.1 Å². The molecule has 1 N–H and O–H groups in total. The number of thiocarbonyl (C=S) groups is 1. The highest BCUT2D eigenvalue weighted by Gasteiger charge is 2.32. The molecule has 3 rings (SSSR count). The van der Waals surface area contributed by atoms with E-state index in [4.69, 9.17) is 26.1 Å². The summed E-state index contributed by atoms with van der Waals surface area (Å²) in [5.41, 5.74) is 0.818. The van der Waals surface area contributed by atoms with Crippen LogP contribution in [0.3, 0.4) is 0 Å². The number of rotatable bonds is 6. The quantitative estimate of drug-likeness (QED) is 0.521. The first kappa shape index (κ1) is 22.1. The number of sulfonamides is 1. The number of methoxy groups -OCH3 is 1. The van der Waals surface area contributed by atoms with E-state index in [9.17, 15) is 13.2 Å². The molecule has 1 aromatic carbocycles. The van der Waals surface area contributed by atoms with Crippen LogP contribution in [0.1, 0.15) is 17.5 Å². The Morgan fingerprint density at radius 3 is 2.40 bits per heavy atom. The zero-order valence-electron chi connectivity index (χ0n) is 16.7. The molecule has 0 amide bonds. The first-order valence-electron chi connectivity index (χ1n) is 9.32. The zero-order chi connectivity index (χ0) is 21.7. The van der Waals surface area contributed by atoms with Crippen molar-refractivity contribution >= 4 is 39.0 Å². The molecule has 1 aromatic heterocycles. The normalized spacial score (nSPS) is 14.9. The minimum Gasteiger partial charge on any atom is -0.497 e. The highest BCUT2D eigenvalue weighted by atomic mass is 32.2. The standard InChI is InChI=1S/C19H23N3O6S2/c1-3-27-18(23)16-8-9-17(28-16)30(24,25)22-12-10-21(11-13-22)19(29)20-14-4-6-15(26-2)7-5-14/h4-9H,3,10-13H2,1-2H3,(H,20,29). The van der Waals surface area contributed by atoms with E-state index in [-0.39, 0.29) is 30.5 Å². The molecule has 0 radical (unpaired) electrons. The molecule has 0 saturated carbocycles. The number of hydrogen-bond acceptors (Lipinski definition) is 7. The summed E-state index contributed by atoms with van der Waals surface area (Å²) in [6.07, 6.45) is 0. The van der Waals surface area contributed by atoms with Crippen LogP contribution in [0.25, 0.3) is 0 Å². The molecule has 0 unspecified atom stereocenters. The van der Waals surface area contributed by atoms with E-state index in [2.05, 4.69) is 5.32 Å². The van der Waals surface area contributed by atoms with Gasteiger partial charge in [-0.2, -0.15) is 4.31 Å². The summed E-state index contributed by atoms with van der Waals surface area (Å²) in [5.74, 6) is -0.0908. The topological polar surface area (TPSA) is 101 Å². The minimum atomic E-state index is -3.85. The van der Waals surface area contributed by atoms with Crippen LogP contribution in [0.15, 0.2) is 45.9 Å². The summed E-state index contributed by atoms with van der Waals surface area (Å²) < 4.78 is 42.1. The Bertz CT molecular complexity index is 996. The maximum Gasteiger partial charge on any atom is 0.374 e. The second-order valence-electron chi connectivity index (χ2n) is 6.39. The van der Waals surface area contributed by atoms with Gasteiger partial charge in [-0.3, -0.25) is 0 Å². The first-order valence-corrected chi connectivity index (χ1v) is 11.2. The van der Waals surface area contributed by atoms with E-state index < -0.39 is 16.0 Å². The van der Waals surface area contributed by atoms with Gasteiger partial charge in [-0.25, -0.2) is 13.2 Å². The number of anilines is 1. The van der Waals surface area contributed by atoms with Gasteiger partial charge in [0.2, 0.25) is 10.9 Å². The molecule has 2 aromatic rings. The van der Waals surface area contributed by atoms with Crippen LogP contribution in [0, 0.1) is 0 Å². The van der Waals surface area contributed by atoms with E-state index in [1.54, 1.807) is 14.0 Å². The molecule has 162 valence electrons.